The van der Waals surface area contributed by atoms with E-state index in [1.807, 2.05) is 38.4 Å². The number of benzene rings is 3. The second-order valence-electron chi connectivity index (χ2n) is 10.2. The summed E-state index contributed by atoms with van der Waals surface area (Å²) in [6.07, 6.45) is 1.63. The number of aliphatic carboxylic acids is 1. The van der Waals surface area contributed by atoms with E-state index < -0.39 is 23.7 Å². The Bertz CT molecular complexity index is 1370. The van der Waals surface area contributed by atoms with E-state index >= 15 is 0 Å². The van der Waals surface area contributed by atoms with Crippen molar-refractivity contribution in [1.82, 2.24) is 10.2 Å². The first kappa shape index (κ1) is 28.1. The first-order chi connectivity index (χ1) is 18.7. The molecule has 3 aromatic rings. The van der Waals surface area contributed by atoms with Crippen LogP contribution >= 0.6 is 0 Å². The molecule has 1 aliphatic carbocycles. The lowest BCUT2D eigenvalue weighted by molar-refractivity contribution is -0.139. The van der Waals surface area contributed by atoms with Gasteiger partial charge in [-0.25, -0.2) is 9.18 Å². The monoisotopic (exact) mass is 534 g/mol. The number of fused-ring (bicyclic) bond motifs is 1. The lowest BCUT2D eigenvalue weighted by Crippen LogP contribution is -2.43. The van der Waals surface area contributed by atoms with Crippen LogP contribution in [0.1, 0.15) is 56.1 Å². The zero-order valence-electron chi connectivity index (χ0n) is 23.0. The summed E-state index contributed by atoms with van der Waals surface area (Å²) >= 11 is 0. The van der Waals surface area contributed by atoms with E-state index in [0.29, 0.717) is 12.1 Å². The zero-order valence-corrected chi connectivity index (χ0v) is 23.0. The van der Waals surface area contributed by atoms with Gasteiger partial charge in [0.2, 0.25) is 0 Å². The largest absolute Gasteiger partial charge is 0.496 e. The number of nitrogens with one attached hydrogen (secondary N) is 1. The fourth-order valence-electron chi connectivity index (χ4n) is 5.63. The summed E-state index contributed by atoms with van der Waals surface area (Å²) < 4.78 is 26.0. The van der Waals surface area contributed by atoms with Crippen LogP contribution < -0.4 is 14.8 Å². The first-order valence-corrected chi connectivity index (χ1v) is 12.9. The summed E-state index contributed by atoms with van der Waals surface area (Å²) in [4.78, 5) is 27.1. The molecule has 0 heterocycles. The van der Waals surface area contributed by atoms with E-state index in [9.17, 15) is 19.1 Å². The number of halogens is 1. The third kappa shape index (κ3) is 5.76. The standard InChI is InChI=1S/C31H35FN2O5/c1-18-8-6-11-24(32)27(18)30(35)33-25(31(36)37)16-19-9-7-10-22-21(19)13-14-23(22)28-26(38-4)15-12-20(17-34(2)3)29(28)39-5/h6-12,15,23,25H,13-14,16-17H2,1-5H3,(H,33,35)(H,36,37)/t23-,25+/m1/s1. The Morgan fingerprint density at radius 1 is 1.08 bits per heavy atom. The number of carboxylic acid groups (broad SMARTS) is 1. The van der Waals surface area contributed by atoms with Gasteiger partial charge in [-0.15, -0.1) is 0 Å². The molecule has 7 nitrogen and oxygen atoms in total. The van der Waals surface area contributed by atoms with Crippen LogP contribution in [0.2, 0.25) is 0 Å². The quantitative estimate of drug-likeness (QED) is 0.392. The molecular formula is C31H35FN2O5. The Balaban J connectivity index is 1.67. The number of methoxy groups -OCH3 is 2. The van der Waals surface area contributed by atoms with Gasteiger partial charge in [0.1, 0.15) is 23.4 Å². The average Bonchev–Trinajstić information content (AvgIpc) is 3.32. The smallest absolute Gasteiger partial charge is 0.326 e. The third-order valence-electron chi connectivity index (χ3n) is 7.34. The van der Waals surface area contributed by atoms with Gasteiger partial charge in [0.15, 0.2) is 0 Å². The maximum absolute atomic E-state index is 14.4. The molecule has 0 spiro atoms. The number of carbonyl (C=O) groups excluding carboxylic acids is 1. The van der Waals surface area contributed by atoms with Crippen molar-refractivity contribution in [1.29, 1.82) is 0 Å². The number of nitrogens with zero attached hydrogens (tertiary/aromatic N) is 1. The van der Waals surface area contributed by atoms with Crippen LogP contribution in [0.4, 0.5) is 4.39 Å². The van der Waals surface area contributed by atoms with Crippen molar-refractivity contribution >= 4 is 11.9 Å². The van der Waals surface area contributed by atoms with E-state index in [2.05, 4.69) is 16.3 Å². The minimum Gasteiger partial charge on any atom is -0.496 e. The lowest BCUT2D eigenvalue weighted by Gasteiger charge is -2.23. The molecule has 8 heteroatoms. The molecule has 2 atom stereocenters. The average molecular weight is 535 g/mol. The van der Waals surface area contributed by atoms with Gasteiger partial charge < -0.3 is 24.8 Å². The Labute approximate surface area is 228 Å². The molecule has 0 radical (unpaired) electrons. The highest BCUT2D eigenvalue weighted by Gasteiger charge is 2.33. The van der Waals surface area contributed by atoms with Crippen LogP contribution in [-0.2, 0) is 24.2 Å². The van der Waals surface area contributed by atoms with Gasteiger partial charge in [0.05, 0.1) is 19.8 Å². The third-order valence-corrected chi connectivity index (χ3v) is 7.34. The van der Waals surface area contributed by atoms with Crippen LogP contribution in [0.5, 0.6) is 11.5 Å². The molecule has 0 aliphatic heterocycles. The van der Waals surface area contributed by atoms with Crippen molar-refractivity contribution in [3.05, 3.63) is 93.3 Å². The Morgan fingerprint density at radius 2 is 1.82 bits per heavy atom. The number of amides is 1. The topological polar surface area (TPSA) is 88.1 Å². The van der Waals surface area contributed by atoms with Crippen LogP contribution in [-0.4, -0.2) is 56.2 Å². The second kappa shape index (κ2) is 11.9. The van der Waals surface area contributed by atoms with Crippen LogP contribution in [0, 0.1) is 12.7 Å². The first-order valence-electron chi connectivity index (χ1n) is 12.9. The molecule has 0 unspecified atom stereocenters. The summed E-state index contributed by atoms with van der Waals surface area (Å²) in [7, 11) is 7.33. The predicted octanol–water partition coefficient (Wildman–Crippen LogP) is 4.72. The van der Waals surface area contributed by atoms with Crippen molar-refractivity contribution in [2.45, 2.75) is 44.7 Å². The van der Waals surface area contributed by atoms with Gasteiger partial charge in [0.25, 0.3) is 5.91 Å². The maximum Gasteiger partial charge on any atom is 0.326 e. The molecule has 4 rings (SSSR count). The van der Waals surface area contributed by atoms with Gasteiger partial charge in [-0.05, 0) is 68.2 Å². The van der Waals surface area contributed by atoms with E-state index in [1.165, 1.54) is 12.1 Å². The van der Waals surface area contributed by atoms with Gasteiger partial charge in [0, 0.05) is 30.0 Å². The van der Waals surface area contributed by atoms with Crippen LogP contribution in [0.15, 0.2) is 48.5 Å². The fraction of sp³-hybridized carbons (Fsp3) is 0.355. The normalized spacial score (nSPS) is 15.1. The molecule has 0 aromatic heterocycles. The number of hydrogen-bond donors (Lipinski definition) is 2. The Hall–Kier alpha value is -3.91. The molecule has 39 heavy (non-hydrogen) atoms. The van der Waals surface area contributed by atoms with Crippen LogP contribution in [0.3, 0.4) is 0 Å². The van der Waals surface area contributed by atoms with Crippen molar-refractivity contribution < 1.29 is 28.6 Å². The number of ether oxygens (including phenoxy) is 2. The number of aryl methyl sites for hydroxylation is 1. The highest BCUT2D eigenvalue weighted by Crippen LogP contribution is 2.48. The SMILES string of the molecule is COc1ccc(CN(C)C)c(OC)c1[C@@H]1CCc2c(C[C@H](NC(=O)c3c(C)cccc3F)C(=O)O)cccc21. The molecule has 0 saturated carbocycles. The minimum atomic E-state index is -1.21. The lowest BCUT2D eigenvalue weighted by atomic mass is 9.88. The molecule has 206 valence electrons. The number of carboxylic acids is 1. The summed E-state index contributed by atoms with van der Waals surface area (Å²) in [5.41, 5.74) is 5.33. The summed E-state index contributed by atoms with van der Waals surface area (Å²) in [6.45, 7) is 2.33. The highest BCUT2D eigenvalue weighted by atomic mass is 19.1. The Morgan fingerprint density at radius 3 is 2.46 bits per heavy atom. The van der Waals surface area contributed by atoms with Crippen molar-refractivity contribution in [3.8, 4) is 11.5 Å². The van der Waals surface area contributed by atoms with Crippen molar-refractivity contribution in [2.24, 2.45) is 0 Å². The maximum atomic E-state index is 14.4. The molecule has 0 fully saturated rings. The van der Waals surface area contributed by atoms with Gasteiger partial charge in [-0.2, -0.15) is 0 Å². The van der Waals surface area contributed by atoms with Crippen LogP contribution in [0.25, 0.3) is 0 Å². The molecular weight excluding hydrogens is 499 g/mol. The molecule has 1 aliphatic rings. The Kier molecular flexibility index (Phi) is 8.55. The molecule has 3 aromatic carbocycles. The molecule has 0 saturated heterocycles. The van der Waals surface area contributed by atoms with E-state index in [0.717, 1.165) is 52.2 Å². The summed E-state index contributed by atoms with van der Waals surface area (Å²) in [5.74, 6) is -1.05. The van der Waals surface area contributed by atoms with Gasteiger partial charge >= 0.3 is 5.97 Å². The number of hydrogen-bond acceptors (Lipinski definition) is 5. The second-order valence-corrected chi connectivity index (χ2v) is 10.2. The number of carbonyl (C=O) groups is 2. The van der Waals surface area contributed by atoms with E-state index in [-0.39, 0.29) is 17.9 Å². The molecule has 1 amide bonds. The van der Waals surface area contributed by atoms with Gasteiger partial charge in [-0.3, -0.25) is 4.79 Å². The summed E-state index contributed by atoms with van der Waals surface area (Å²) in [6, 6.07) is 13.0. The molecule has 0 bridgehead atoms. The minimum absolute atomic E-state index is 0.00546. The van der Waals surface area contributed by atoms with E-state index in [1.54, 1.807) is 27.2 Å². The fourth-order valence-corrected chi connectivity index (χ4v) is 5.63. The zero-order chi connectivity index (χ0) is 28.3. The highest BCUT2D eigenvalue weighted by molar-refractivity contribution is 5.98. The molecule has 2 N–H and O–H groups in total. The summed E-state index contributed by atoms with van der Waals surface area (Å²) in [5, 5.41) is 12.5. The predicted molar refractivity (Wildman–Crippen MR) is 147 cm³/mol. The van der Waals surface area contributed by atoms with Gasteiger partial charge in [-0.1, -0.05) is 36.4 Å². The van der Waals surface area contributed by atoms with E-state index in [4.69, 9.17) is 9.47 Å². The number of rotatable bonds is 10. The van der Waals surface area contributed by atoms with Crippen molar-refractivity contribution in [3.63, 3.8) is 0 Å². The van der Waals surface area contributed by atoms with Crippen molar-refractivity contribution in [2.75, 3.05) is 28.3 Å².